The van der Waals surface area contributed by atoms with Crippen molar-refractivity contribution < 1.29 is 9.53 Å². The van der Waals surface area contributed by atoms with Crippen molar-refractivity contribution in [2.24, 2.45) is 0 Å². The molecule has 2 heterocycles. The first-order valence-corrected chi connectivity index (χ1v) is 7.00. The topological polar surface area (TPSA) is 38.3 Å². The molecule has 0 aromatic carbocycles. The summed E-state index contributed by atoms with van der Waals surface area (Å²) in [6, 6.07) is 1.92. The van der Waals surface area contributed by atoms with Crippen molar-refractivity contribution in [3.05, 3.63) is 20.8 Å². The fourth-order valence-corrected chi connectivity index (χ4v) is 3.13. The first-order chi connectivity index (χ1) is 7.66. The molecule has 0 unspecified atom stereocenters. The monoisotopic (exact) mass is 303 g/mol. The fraction of sp³-hybridized carbons (Fsp3) is 0.545. The lowest BCUT2D eigenvalue weighted by molar-refractivity contribution is 0.0714. The third-order valence-electron chi connectivity index (χ3n) is 2.67. The number of thiophene rings is 1. The zero-order chi connectivity index (χ0) is 11.5. The van der Waals surface area contributed by atoms with Gasteiger partial charge in [0.2, 0.25) is 0 Å². The second-order valence-corrected chi connectivity index (χ2v) is 5.77. The van der Waals surface area contributed by atoms with E-state index in [0.717, 1.165) is 28.8 Å². The fourth-order valence-electron chi connectivity index (χ4n) is 1.80. The molecule has 2 atom stereocenters. The van der Waals surface area contributed by atoms with Crippen LogP contribution in [0.3, 0.4) is 0 Å². The Morgan fingerprint density at radius 1 is 1.75 bits per heavy atom. The maximum absolute atomic E-state index is 11.8. The van der Waals surface area contributed by atoms with E-state index in [2.05, 4.69) is 21.2 Å². The molecule has 16 heavy (non-hydrogen) atoms. The summed E-state index contributed by atoms with van der Waals surface area (Å²) in [5, 5.41) is 4.89. The highest BCUT2D eigenvalue weighted by molar-refractivity contribution is 9.10. The van der Waals surface area contributed by atoms with Gasteiger partial charge in [-0.15, -0.1) is 11.3 Å². The van der Waals surface area contributed by atoms with Gasteiger partial charge in [-0.1, -0.05) is 0 Å². The molecule has 1 amide bonds. The van der Waals surface area contributed by atoms with Gasteiger partial charge in [-0.3, -0.25) is 4.79 Å². The van der Waals surface area contributed by atoms with Crippen LogP contribution in [0, 0.1) is 0 Å². The Labute approximate surface area is 107 Å². The molecule has 1 aliphatic heterocycles. The molecule has 0 radical (unpaired) electrons. The van der Waals surface area contributed by atoms with E-state index in [4.69, 9.17) is 4.74 Å². The number of carbonyl (C=O) groups excluding carboxylic acids is 1. The van der Waals surface area contributed by atoms with Crippen molar-refractivity contribution in [1.82, 2.24) is 5.32 Å². The summed E-state index contributed by atoms with van der Waals surface area (Å²) in [6.07, 6.45) is 2.30. The summed E-state index contributed by atoms with van der Waals surface area (Å²) >= 11 is 4.78. The van der Waals surface area contributed by atoms with Crippen LogP contribution in [0.25, 0.3) is 0 Å². The van der Waals surface area contributed by atoms with E-state index in [0.29, 0.717) is 0 Å². The van der Waals surface area contributed by atoms with E-state index in [1.807, 2.05) is 18.4 Å². The van der Waals surface area contributed by atoms with Crippen LogP contribution in [0.4, 0.5) is 0 Å². The van der Waals surface area contributed by atoms with Crippen molar-refractivity contribution in [2.75, 3.05) is 6.61 Å². The molecule has 1 aliphatic rings. The Hall–Kier alpha value is -0.390. The average Bonchev–Trinajstić information content (AvgIpc) is 2.87. The van der Waals surface area contributed by atoms with Gasteiger partial charge in [0, 0.05) is 16.5 Å². The van der Waals surface area contributed by atoms with E-state index in [-0.39, 0.29) is 18.1 Å². The van der Waals surface area contributed by atoms with E-state index >= 15 is 0 Å². The standard InChI is InChI=1S/C11H14BrNO2S/c1-7(9-3-2-4-15-9)13-11(14)10-5-8(12)6-16-10/h5-7,9H,2-4H2,1H3,(H,13,14)/t7-,9+/m1/s1. The van der Waals surface area contributed by atoms with E-state index in [9.17, 15) is 4.79 Å². The van der Waals surface area contributed by atoms with Gasteiger partial charge in [0.25, 0.3) is 5.91 Å². The molecular weight excluding hydrogens is 290 g/mol. The van der Waals surface area contributed by atoms with Gasteiger partial charge < -0.3 is 10.1 Å². The summed E-state index contributed by atoms with van der Waals surface area (Å²) in [5.74, 6) is -0.0151. The number of halogens is 1. The van der Waals surface area contributed by atoms with Gasteiger partial charge in [0.1, 0.15) is 0 Å². The van der Waals surface area contributed by atoms with Gasteiger partial charge in [0.15, 0.2) is 0 Å². The van der Waals surface area contributed by atoms with Gasteiger partial charge >= 0.3 is 0 Å². The minimum atomic E-state index is -0.0151. The lowest BCUT2D eigenvalue weighted by Crippen LogP contribution is -2.40. The molecule has 0 bridgehead atoms. The van der Waals surface area contributed by atoms with Crippen LogP contribution >= 0.6 is 27.3 Å². The molecule has 1 aromatic heterocycles. The summed E-state index contributed by atoms with van der Waals surface area (Å²) in [6.45, 7) is 2.81. The van der Waals surface area contributed by atoms with Gasteiger partial charge in [-0.2, -0.15) is 0 Å². The number of nitrogens with one attached hydrogen (secondary N) is 1. The highest BCUT2D eigenvalue weighted by Crippen LogP contribution is 2.20. The molecule has 1 fully saturated rings. The molecule has 1 saturated heterocycles. The van der Waals surface area contributed by atoms with Crippen molar-refractivity contribution in [1.29, 1.82) is 0 Å². The Balaban J connectivity index is 1.91. The van der Waals surface area contributed by atoms with Crippen LogP contribution in [-0.2, 0) is 4.74 Å². The van der Waals surface area contributed by atoms with Crippen molar-refractivity contribution in [3.8, 4) is 0 Å². The number of amides is 1. The predicted octanol–water partition coefficient (Wildman–Crippen LogP) is 2.81. The van der Waals surface area contributed by atoms with Crippen molar-refractivity contribution >= 4 is 33.2 Å². The number of rotatable bonds is 3. The predicted molar refractivity (Wildman–Crippen MR) is 67.9 cm³/mol. The Kier molecular flexibility index (Phi) is 4.00. The van der Waals surface area contributed by atoms with Crippen molar-refractivity contribution in [3.63, 3.8) is 0 Å². The molecule has 5 heteroatoms. The number of carbonyl (C=O) groups is 1. The van der Waals surface area contributed by atoms with E-state index < -0.39 is 0 Å². The second kappa shape index (κ2) is 5.29. The first-order valence-electron chi connectivity index (χ1n) is 5.33. The van der Waals surface area contributed by atoms with Crippen LogP contribution in [0.1, 0.15) is 29.4 Å². The molecule has 0 saturated carbocycles. The maximum Gasteiger partial charge on any atom is 0.261 e. The molecule has 0 spiro atoms. The summed E-state index contributed by atoms with van der Waals surface area (Å²) in [4.78, 5) is 12.6. The Morgan fingerprint density at radius 3 is 3.12 bits per heavy atom. The van der Waals surface area contributed by atoms with Gasteiger partial charge in [0.05, 0.1) is 17.0 Å². The summed E-state index contributed by atoms with van der Waals surface area (Å²) in [5.41, 5.74) is 0. The zero-order valence-corrected chi connectivity index (χ0v) is 11.4. The van der Waals surface area contributed by atoms with Crippen LogP contribution in [0.5, 0.6) is 0 Å². The Morgan fingerprint density at radius 2 is 2.56 bits per heavy atom. The first kappa shape index (κ1) is 12.1. The highest BCUT2D eigenvalue weighted by atomic mass is 79.9. The smallest absolute Gasteiger partial charge is 0.261 e. The van der Waals surface area contributed by atoms with Crippen LogP contribution in [-0.4, -0.2) is 24.7 Å². The Bertz CT molecular complexity index is 374. The SMILES string of the molecule is C[C@@H](NC(=O)c1cc(Br)cs1)[C@@H]1CCCO1. The third-order valence-corrected chi connectivity index (χ3v) is 4.36. The lowest BCUT2D eigenvalue weighted by Gasteiger charge is -2.19. The average molecular weight is 304 g/mol. The second-order valence-electron chi connectivity index (χ2n) is 3.94. The zero-order valence-electron chi connectivity index (χ0n) is 9.03. The molecule has 2 rings (SSSR count). The van der Waals surface area contributed by atoms with E-state index in [1.165, 1.54) is 11.3 Å². The van der Waals surface area contributed by atoms with Crippen molar-refractivity contribution in [2.45, 2.75) is 31.9 Å². The quantitative estimate of drug-likeness (QED) is 0.932. The van der Waals surface area contributed by atoms with Crippen LogP contribution in [0.15, 0.2) is 15.9 Å². The number of hydrogen-bond acceptors (Lipinski definition) is 3. The molecule has 1 N–H and O–H groups in total. The highest BCUT2D eigenvalue weighted by Gasteiger charge is 2.24. The lowest BCUT2D eigenvalue weighted by atomic mass is 10.1. The maximum atomic E-state index is 11.8. The van der Waals surface area contributed by atoms with Crippen LogP contribution in [0.2, 0.25) is 0 Å². The third kappa shape index (κ3) is 2.84. The van der Waals surface area contributed by atoms with Gasteiger partial charge in [-0.25, -0.2) is 0 Å². The number of ether oxygens (including phenoxy) is 1. The van der Waals surface area contributed by atoms with Crippen LogP contribution < -0.4 is 5.32 Å². The molecular formula is C11H14BrNO2S. The summed E-state index contributed by atoms with van der Waals surface area (Å²) < 4.78 is 6.49. The minimum absolute atomic E-state index is 0.0151. The summed E-state index contributed by atoms with van der Waals surface area (Å²) in [7, 11) is 0. The van der Waals surface area contributed by atoms with E-state index in [1.54, 1.807) is 0 Å². The molecule has 0 aliphatic carbocycles. The molecule has 3 nitrogen and oxygen atoms in total. The largest absolute Gasteiger partial charge is 0.376 e. The minimum Gasteiger partial charge on any atom is -0.376 e. The number of hydrogen-bond donors (Lipinski definition) is 1. The normalized spacial score (nSPS) is 22.0. The van der Waals surface area contributed by atoms with Gasteiger partial charge in [-0.05, 0) is 41.8 Å². The molecule has 1 aromatic rings. The molecule has 88 valence electrons.